The Bertz CT molecular complexity index is 670. The number of hydrogen-bond donors (Lipinski definition) is 1. The van der Waals surface area contributed by atoms with Crippen LogP contribution in [0.15, 0.2) is 28.6 Å². The average Bonchev–Trinajstić information content (AvgIpc) is 2.42. The van der Waals surface area contributed by atoms with Gasteiger partial charge in [-0.05, 0) is 17.5 Å². The van der Waals surface area contributed by atoms with Crippen LogP contribution in [0.25, 0.3) is 0 Å². The monoisotopic (exact) mass is 309 g/mol. The molecule has 0 radical (unpaired) electrons. The molecule has 1 aromatic rings. The van der Waals surface area contributed by atoms with Gasteiger partial charge in [0, 0.05) is 35.3 Å². The summed E-state index contributed by atoms with van der Waals surface area (Å²) in [4.78, 5) is 25.2. The summed E-state index contributed by atoms with van der Waals surface area (Å²) in [6, 6.07) is 7.69. The van der Waals surface area contributed by atoms with Gasteiger partial charge in [-0.1, -0.05) is 24.3 Å². The Labute approximate surface area is 124 Å². The van der Waals surface area contributed by atoms with Crippen LogP contribution < -0.4 is 5.32 Å². The molecule has 0 aromatic heterocycles. The van der Waals surface area contributed by atoms with Gasteiger partial charge in [0.2, 0.25) is 0 Å². The zero-order valence-corrected chi connectivity index (χ0v) is 13.0. The number of benzene rings is 1. The summed E-state index contributed by atoms with van der Waals surface area (Å²) in [5.41, 5.74) is 2.38. The van der Waals surface area contributed by atoms with Gasteiger partial charge >= 0.3 is 6.03 Å². The summed E-state index contributed by atoms with van der Waals surface area (Å²) in [5, 5.41) is 2.52. The summed E-state index contributed by atoms with van der Waals surface area (Å²) in [7, 11) is -2.48. The smallest absolute Gasteiger partial charge is 0.318 e. The van der Waals surface area contributed by atoms with Gasteiger partial charge in [0.05, 0.1) is 0 Å². The van der Waals surface area contributed by atoms with Gasteiger partial charge in [-0.2, -0.15) is 4.36 Å². The molecule has 1 heterocycles. The van der Waals surface area contributed by atoms with E-state index in [9.17, 15) is 13.8 Å². The lowest BCUT2D eigenvalue weighted by Crippen LogP contribution is -2.44. The Morgan fingerprint density at radius 2 is 1.95 bits per heavy atom. The van der Waals surface area contributed by atoms with E-state index < -0.39 is 15.6 Å². The third-order valence-corrected chi connectivity index (χ3v) is 3.77. The highest BCUT2D eigenvalue weighted by molar-refractivity contribution is 7.92. The van der Waals surface area contributed by atoms with Crippen LogP contribution in [0.5, 0.6) is 0 Å². The standard InChI is InChI=1S/C14H19N3O3S/c1-21(2,20)16-13(18)9-15-14(19)17-8-7-11-5-3-4-6-12(11)10-17/h3-6H,7-10H2,1-2H3,(H,15,19). The SMILES string of the molecule is CS(C)(=O)=NC(=O)CNC(=O)N1CCc2ccccc2C1. The van der Waals surface area contributed by atoms with Crippen LogP contribution in [-0.4, -0.2) is 46.6 Å². The molecule has 0 saturated carbocycles. The molecule has 0 atom stereocenters. The fourth-order valence-corrected chi connectivity index (χ4v) is 2.76. The van der Waals surface area contributed by atoms with Crippen molar-refractivity contribution in [2.24, 2.45) is 4.36 Å². The third-order valence-electron chi connectivity index (χ3n) is 3.13. The van der Waals surface area contributed by atoms with Crippen molar-refractivity contribution < 1.29 is 13.8 Å². The van der Waals surface area contributed by atoms with Crippen LogP contribution in [0.2, 0.25) is 0 Å². The quantitative estimate of drug-likeness (QED) is 0.885. The highest BCUT2D eigenvalue weighted by Crippen LogP contribution is 2.18. The van der Waals surface area contributed by atoms with Gasteiger partial charge in [0.15, 0.2) is 0 Å². The minimum Gasteiger partial charge on any atom is -0.329 e. The third kappa shape index (κ3) is 4.56. The highest BCUT2D eigenvalue weighted by atomic mass is 32.2. The summed E-state index contributed by atoms with van der Waals surface area (Å²) >= 11 is 0. The van der Waals surface area contributed by atoms with E-state index in [1.807, 2.05) is 18.2 Å². The molecule has 3 amide bonds. The van der Waals surface area contributed by atoms with E-state index in [0.29, 0.717) is 13.1 Å². The maximum atomic E-state index is 12.0. The van der Waals surface area contributed by atoms with E-state index in [0.717, 1.165) is 12.0 Å². The minimum absolute atomic E-state index is 0.227. The van der Waals surface area contributed by atoms with Crippen molar-refractivity contribution in [2.45, 2.75) is 13.0 Å². The molecule has 1 aliphatic rings. The summed E-state index contributed by atoms with van der Waals surface area (Å²) in [6.45, 7) is 0.924. The molecule has 1 N–H and O–H groups in total. The lowest BCUT2D eigenvalue weighted by atomic mass is 10.0. The molecule has 0 aliphatic carbocycles. The predicted octanol–water partition coefficient (Wildman–Crippen LogP) is 1.01. The van der Waals surface area contributed by atoms with Crippen LogP contribution >= 0.6 is 0 Å². The van der Waals surface area contributed by atoms with Gasteiger partial charge in [-0.15, -0.1) is 0 Å². The molecule has 6 nitrogen and oxygen atoms in total. The highest BCUT2D eigenvalue weighted by Gasteiger charge is 2.20. The molecule has 114 valence electrons. The Hall–Kier alpha value is -1.89. The number of rotatable bonds is 2. The van der Waals surface area contributed by atoms with Crippen molar-refractivity contribution in [3.05, 3.63) is 35.4 Å². The van der Waals surface area contributed by atoms with Crippen LogP contribution in [0.3, 0.4) is 0 Å². The lowest BCUT2D eigenvalue weighted by Gasteiger charge is -2.28. The fourth-order valence-electron chi connectivity index (χ4n) is 2.21. The van der Waals surface area contributed by atoms with Gasteiger partial charge in [0.25, 0.3) is 5.91 Å². The first-order chi connectivity index (χ1) is 9.85. The van der Waals surface area contributed by atoms with Crippen molar-refractivity contribution in [1.29, 1.82) is 0 Å². The zero-order valence-electron chi connectivity index (χ0n) is 12.2. The van der Waals surface area contributed by atoms with Crippen LogP contribution in [-0.2, 0) is 27.5 Å². The molecule has 0 unspecified atom stereocenters. The second kappa shape index (κ2) is 6.26. The Balaban J connectivity index is 1.91. The first-order valence-corrected chi connectivity index (χ1v) is 8.98. The van der Waals surface area contributed by atoms with E-state index in [4.69, 9.17) is 0 Å². The zero-order chi connectivity index (χ0) is 15.5. The van der Waals surface area contributed by atoms with E-state index in [2.05, 4.69) is 15.7 Å². The molecule has 0 saturated heterocycles. The normalized spacial score (nSPS) is 14.3. The van der Waals surface area contributed by atoms with Gasteiger partial charge in [-0.25, -0.2) is 9.00 Å². The summed E-state index contributed by atoms with van der Waals surface area (Å²) < 4.78 is 14.9. The van der Waals surface area contributed by atoms with Crippen molar-refractivity contribution in [3.63, 3.8) is 0 Å². The lowest BCUT2D eigenvalue weighted by molar-refractivity contribution is -0.116. The predicted molar refractivity (Wildman–Crippen MR) is 81.4 cm³/mol. The van der Waals surface area contributed by atoms with E-state index in [-0.39, 0.29) is 12.6 Å². The average molecular weight is 309 g/mol. The van der Waals surface area contributed by atoms with Gasteiger partial charge < -0.3 is 10.2 Å². The number of amides is 3. The number of carbonyl (C=O) groups is 2. The van der Waals surface area contributed by atoms with Crippen LogP contribution in [0.4, 0.5) is 4.79 Å². The fraction of sp³-hybridized carbons (Fsp3) is 0.429. The first-order valence-electron chi connectivity index (χ1n) is 6.65. The molecule has 1 aliphatic heterocycles. The molecular weight excluding hydrogens is 290 g/mol. The largest absolute Gasteiger partial charge is 0.329 e. The first kappa shape index (κ1) is 15.5. The number of fused-ring (bicyclic) bond motifs is 1. The van der Waals surface area contributed by atoms with Crippen molar-refractivity contribution in [2.75, 3.05) is 25.6 Å². The van der Waals surface area contributed by atoms with Gasteiger partial charge in [-0.3, -0.25) is 4.79 Å². The molecule has 0 bridgehead atoms. The maximum Gasteiger partial charge on any atom is 0.318 e. The number of hydrogen-bond acceptors (Lipinski definition) is 3. The molecule has 2 rings (SSSR count). The van der Waals surface area contributed by atoms with Crippen molar-refractivity contribution in [3.8, 4) is 0 Å². The molecular formula is C14H19N3O3S. The molecule has 21 heavy (non-hydrogen) atoms. The molecule has 7 heteroatoms. The Morgan fingerprint density at radius 1 is 1.29 bits per heavy atom. The Kier molecular flexibility index (Phi) is 4.62. The number of urea groups is 1. The van der Waals surface area contributed by atoms with Gasteiger partial charge in [0.1, 0.15) is 6.54 Å². The number of nitrogens with one attached hydrogen (secondary N) is 1. The van der Waals surface area contributed by atoms with E-state index >= 15 is 0 Å². The number of nitrogens with zero attached hydrogens (tertiary/aromatic N) is 2. The maximum absolute atomic E-state index is 12.0. The second-order valence-electron chi connectivity index (χ2n) is 5.27. The van der Waals surface area contributed by atoms with E-state index in [1.54, 1.807) is 4.90 Å². The molecule has 1 aromatic carbocycles. The summed E-state index contributed by atoms with van der Waals surface area (Å²) in [6.07, 6.45) is 3.57. The van der Waals surface area contributed by atoms with Crippen molar-refractivity contribution in [1.82, 2.24) is 10.2 Å². The minimum atomic E-state index is -2.48. The van der Waals surface area contributed by atoms with Crippen LogP contribution in [0.1, 0.15) is 11.1 Å². The van der Waals surface area contributed by atoms with E-state index in [1.165, 1.54) is 18.1 Å². The topological polar surface area (TPSA) is 78.8 Å². The summed E-state index contributed by atoms with van der Waals surface area (Å²) in [5.74, 6) is -0.573. The van der Waals surface area contributed by atoms with Crippen molar-refractivity contribution >= 4 is 21.7 Å². The number of carbonyl (C=O) groups excluding carboxylic acids is 2. The Morgan fingerprint density at radius 3 is 2.62 bits per heavy atom. The molecule has 0 spiro atoms. The molecule has 0 fully saturated rings. The van der Waals surface area contributed by atoms with Crippen LogP contribution in [0, 0.1) is 0 Å². The second-order valence-corrected chi connectivity index (χ2v) is 7.81.